The first-order chi connectivity index (χ1) is 15.0. The number of hydrogen-bond donors (Lipinski definition) is 1. The number of rotatable bonds is 7. The van der Waals surface area contributed by atoms with E-state index in [1.165, 1.54) is 24.6 Å². The fourth-order valence-electron chi connectivity index (χ4n) is 3.55. The first-order valence-corrected chi connectivity index (χ1v) is 11.9. The van der Waals surface area contributed by atoms with Crippen molar-refractivity contribution in [3.05, 3.63) is 63.9 Å². The lowest BCUT2D eigenvalue weighted by atomic mass is 10.2. The number of aromatic nitrogens is 3. The molecule has 0 bridgehead atoms. The lowest BCUT2D eigenvalue weighted by Crippen LogP contribution is -2.21. The molecule has 1 aliphatic rings. The predicted molar refractivity (Wildman–Crippen MR) is 126 cm³/mol. The Bertz CT molecular complexity index is 1070. The lowest BCUT2D eigenvalue weighted by Gasteiger charge is -2.16. The van der Waals surface area contributed by atoms with Gasteiger partial charge in [0.25, 0.3) is 0 Å². The molecule has 0 spiro atoms. The van der Waals surface area contributed by atoms with Crippen LogP contribution in [0.4, 0.5) is 5.69 Å². The Kier molecular flexibility index (Phi) is 7.17. The molecule has 1 saturated heterocycles. The number of thioether (sulfide) groups is 1. The normalized spacial score (nSPS) is 14.2. The maximum absolute atomic E-state index is 12.6. The van der Waals surface area contributed by atoms with Crippen LogP contribution in [-0.2, 0) is 11.3 Å². The summed E-state index contributed by atoms with van der Waals surface area (Å²) >= 11 is 13.9. The molecule has 1 aliphatic heterocycles. The lowest BCUT2D eigenvalue weighted by molar-refractivity contribution is -0.113. The third-order valence-corrected chi connectivity index (χ3v) is 6.89. The minimum atomic E-state index is -0.205. The average Bonchev–Trinajstić information content (AvgIpc) is 3.43. The Labute approximate surface area is 195 Å². The van der Waals surface area contributed by atoms with Gasteiger partial charge in [0, 0.05) is 5.69 Å². The monoisotopic (exact) mass is 475 g/mol. The van der Waals surface area contributed by atoms with Gasteiger partial charge in [-0.25, -0.2) is 0 Å². The number of likely N-dealkylation sites (tertiary alicyclic amines) is 1. The molecule has 0 saturated carbocycles. The summed E-state index contributed by atoms with van der Waals surface area (Å²) in [6.07, 6.45) is 2.43. The average molecular weight is 476 g/mol. The van der Waals surface area contributed by atoms with Gasteiger partial charge in [-0.2, -0.15) is 0 Å². The molecule has 1 fully saturated rings. The molecular weight excluding hydrogens is 453 g/mol. The SMILES string of the molecule is Cc1ccc(Cl)c(NC(=O)CSc2nnc(CN3CCCC3)n2-c2ccccc2)c1Cl. The van der Waals surface area contributed by atoms with Crippen molar-refractivity contribution in [1.82, 2.24) is 19.7 Å². The Morgan fingerprint density at radius 2 is 1.84 bits per heavy atom. The van der Waals surface area contributed by atoms with Gasteiger partial charge in [-0.3, -0.25) is 14.3 Å². The van der Waals surface area contributed by atoms with Crippen molar-refractivity contribution in [2.24, 2.45) is 0 Å². The Morgan fingerprint density at radius 3 is 2.58 bits per heavy atom. The van der Waals surface area contributed by atoms with Gasteiger partial charge in [0.1, 0.15) is 0 Å². The van der Waals surface area contributed by atoms with E-state index in [4.69, 9.17) is 23.2 Å². The van der Waals surface area contributed by atoms with Crippen LogP contribution in [0.2, 0.25) is 10.0 Å². The Balaban J connectivity index is 1.51. The van der Waals surface area contributed by atoms with Crippen molar-refractivity contribution in [3.8, 4) is 5.69 Å². The number of amides is 1. The molecule has 6 nitrogen and oxygen atoms in total. The molecule has 1 aromatic heterocycles. The zero-order valence-electron chi connectivity index (χ0n) is 17.1. The highest BCUT2D eigenvalue weighted by atomic mass is 35.5. The molecule has 31 heavy (non-hydrogen) atoms. The van der Waals surface area contributed by atoms with Crippen LogP contribution in [0, 0.1) is 6.92 Å². The van der Waals surface area contributed by atoms with Gasteiger partial charge >= 0.3 is 0 Å². The first kappa shape index (κ1) is 22.1. The minimum Gasteiger partial charge on any atom is -0.323 e. The topological polar surface area (TPSA) is 63.1 Å². The number of hydrogen-bond acceptors (Lipinski definition) is 5. The number of nitrogens with zero attached hydrogens (tertiary/aromatic N) is 4. The molecule has 1 amide bonds. The molecule has 4 rings (SSSR count). The maximum Gasteiger partial charge on any atom is 0.234 e. The van der Waals surface area contributed by atoms with Gasteiger partial charge in [-0.05, 0) is 56.6 Å². The molecular formula is C22H23Cl2N5OS. The summed E-state index contributed by atoms with van der Waals surface area (Å²) in [6.45, 7) is 4.76. The number of nitrogens with one attached hydrogen (secondary N) is 1. The van der Waals surface area contributed by atoms with Gasteiger partial charge in [-0.15, -0.1) is 10.2 Å². The van der Waals surface area contributed by atoms with E-state index in [1.807, 2.05) is 47.9 Å². The van der Waals surface area contributed by atoms with Crippen molar-refractivity contribution in [3.63, 3.8) is 0 Å². The van der Waals surface area contributed by atoms with Crippen LogP contribution in [0.1, 0.15) is 24.2 Å². The van der Waals surface area contributed by atoms with Crippen LogP contribution in [-0.4, -0.2) is 44.4 Å². The summed E-state index contributed by atoms with van der Waals surface area (Å²) < 4.78 is 2.03. The third kappa shape index (κ3) is 5.23. The number of aryl methyl sites for hydroxylation is 1. The van der Waals surface area contributed by atoms with E-state index >= 15 is 0 Å². The smallest absolute Gasteiger partial charge is 0.234 e. The van der Waals surface area contributed by atoms with Gasteiger partial charge in [-0.1, -0.05) is 59.2 Å². The number of carbonyl (C=O) groups is 1. The van der Waals surface area contributed by atoms with Crippen molar-refractivity contribution in [2.45, 2.75) is 31.5 Å². The fourth-order valence-corrected chi connectivity index (χ4v) is 4.79. The zero-order valence-corrected chi connectivity index (χ0v) is 19.5. The molecule has 1 N–H and O–H groups in total. The maximum atomic E-state index is 12.6. The van der Waals surface area contributed by atoms with E-state index in [0.29, 0.717) is 20.9 Å². The second-order valence-corrected chi connectivity index (χ2v) is 9.17. The van der Waals surface area contributed by atoms with Crippen LogP contribution < -0.4 is 5.32 Å². The molecule has 0 radical (unpaired) electrons. The van der Waals surface area contributed by atoms with E-state index in [9.17, 15) is 4.79 Å². The summed E-state index contributed by atoms with van der Waals surface area (Å²) in [5, 5.41) is 13.2. The number of anilines is 1. The van der Waals surface area contributed by atoms with Crippen LogP contribution in [0.15, 0.2) is 47.6 Å². The standard InChI is InChI=1S/C22H23Cl2N5OS/c1-15-9-10-17(23)21(20(15)24)25-19(30)14-31-22-27-26-18(13-28-11-5-6-12-28)29(22)16-7-3-2-4-8-16/h2-4,7-10H,5-6,11-14H2,1H3,(H,25,30). The first-order valence-electron chi connectivity index (χ1n) is 10.1. The highest BCUT2D eigenvalue weighted by Gasteiger charge is 2.20. The quantitative estimate of drug-likeness (QED) is 0.475. The molecule has 2 heterocycles. The summed E-state index contributed by atoms with van der Waals surface area (Å²) in [7, 11) is 0. The highest BCUT2D eigenvalue weighted by molar-refractivity contribution is 7.99. The van der Waals surface area contributed by atoms with E-state index in [-0.39, 0.29) is 11.7 Å². The van der Waals surface area contributed by atoms with Crippen LogP contribution in [0.3, 0.4) is 0 Å². The second-order valence-electron chi connectivity index (χ2n) is 7.44. The van der Waals surface area contributed by atoms with Crippen LogP contribution >= 0.6 is 35.0 Å². The number of carbonyl (C=O) groups excluding carboxylic acids is 1. The van der Waals surface area contributed by atoms with E-state index in [1.54, 1.807) is 6.07 Å². The molecule has 162 valence electrons. The van der Waals surface area contributed by atoms with Gasteiger partial charge in [0.2, 0.25) is 5.91 Å². The summed E-state index contributed by atoms with van der Waals surface area (Å²) in [4.78, 5) is 15.0. The van der Waals surface area contributed by atoms with Crippen molar-refractivity contribution < 1.29 is 4.79 Å². The molecule has 2 aromatic carbocycles. The minimum absolute atomic E-state index is 0.162. The predicted octanol–water partition coefficient (Wildman–Crippen LogP) is 5.21. The molecule has 9 heteroatoms. The summed E-state index contributed by atoms with van der Waals surface area (Å²) in [5.74, 6) is 0.832. The number of benzene rings is 2. The van der Waals surface area contributed by atoms with Crippen LogP contribution in [0.5, 0.6) is 0 Å². The number of halogens is 2. The molecule has 3 aromatic rings. The van der Waals surface area contributed by atoms with Gasteiger partial charge in [0.15, 0.2) is 11.0 Å². The van der Waals surface area contributed by atoms with Crippen molar-refractivity contribution in [2.75, 3.05) is 24.2 Å². The molecule has 0 atom stereocenters. The number of para-hydroxylation sites is 1. The van der Waals surface area contributed by atoms with Gasteiger partial charge in [0.05, 0.1) is 28.0 Å². The molecule has 0 unspecified atom stereocenters. The highest BCUT2D eigenvalue weighted by Crippen LogP contribution is 2.33. The summed E-state index contributed by atoms with van der Waals surface area (Å²) in [6, 6.07) is 13.5. The molecule has 0 aliphatic carbocycles. The third-order valence-electron chi connectivity index (χ3n) is 5.16. The Morgan fingerprint density at radius 1 is 1.10 bits per heavy atom. The van der Waals surface area contributed by atoms with Crippen molar-refractivity contribution in [1.29, 1.82) is 0 Å². The Hall–Kier alpha value is -2.06. The van der Waals surface area contributed by atoms with Crippen molar-refractivity contribution >= 4 is 46.6 Å². The summed E-state index contributed by atoms with van der Waals surface area (Å²) in [5.41, 5.74) is 2.27. The van der Waals surface area contributed by atoms with Crippen LogP contribution in [0.25, 0.3) is 5.69 Å². The van der Waals surface area contributed by atoms with Gasteiger partial charge < -0.3 is 5.32 Å². The fraction of sp³-hybridized carbons (Fsp3) is 0.318. The van der Waals surface area contributed by atoms with E-state index < -0.39 is 0 Å². The van der Waals surface area contributed by atoms with E-state index in [2.05, 4.69) is 20.4 Å². The second kappa shape index (κ2) is 10.0. The van der Waals surface area contributed by atoms with E-state index in [0.717, 1.165) is 36.7 Å². The largest absolute Gasteiger partial charge is 0.323 e. The zero-order chi connectivity index (χ0) is 21.8.